The molecule has 0 unspecified atom stereocenters. The molecule has 1 saturated carbocycles. The highest BCUT2D eigenvalue weighted by molar-refractivity contribution is 5.94. The molecule has 1 aromatic heterocycles. The number of hydrogen-bond donors (Lipinski definition) is 1. The lowest BCUT2D eigenvalue weighted by Gasteiger charge is -2.28. The molecule has 1 fully saturated rings. The largest absolute Gasteiger partial charge is 0.359 e. The lowest BCUT2D eigenvalue weighted by Crippen LogP contribution is -2.38. The first kappa shape index (κ1) is 18.1. The molecule has 7 heteroatoms. The maximum Gasteiger partial charge on any atom is 0.273 e. The van der Waals surface area contributed by atoms with Gasteiger partial charge in [-0.25, -0.2) is 4.39 Å². The molecular formula is C19H22FN3O3. The molecule has 1 N–H and O–H groups in total. The molecule has 2 amide bonds. The number of hydrogen-bond acceptors (Lipinski definition) is 4. The van der Waals surface area contributed by atoms with Gasteiger partial charge in [0.25, 0.3) is 11.8 Å². The highest BCUT2D eigenvalue weighted by atomic mass is 19.1. The van der Waals surface area contributed by atoms with E-state index in [-0.39, 0.29) is 35.9 Å². The lowest BCUT2D eigenvalue weighted by atomic mass is 10.1. The Kier molecular flexibility index (Phi) is 5.65. The van der Waals surface area contributed by atoms with Crippen LogP contribution in [0.2, 0.25) is 0 Å². The third kappa shape index (κ3) is 4.09. The third-order valence-corrected chi connectivity index (χ3v) is 4.57. The van der Waals surface area contributed by atoms with Crippen molar-refractivity contribution in [2.24, 2.45) is 0 Å². The van der Waals surface area contributed by atoms with Crippen molar-refractivity contribution in [2.45, 2.75) is 45.2 Å². The van der Waals surface area contributed by atoms with Crippen molar-refractivity contribution in [3.8, 4) is 0 Å². The minimum absolute atomic E-state index is 0.102. The Morgan fingerprint density at radius 1 is 1.27 bits per heavy atom. The minimum atomic E-state index is -0.379. The van der Waals surface area contributed by atoms with Gasteiger partial charge in [0.2, 0.25) is 0 Å². The van der Waals surface area contributed by atoms with E-state index in [0.717, 1.165) is 25.7 Å². The van der Waals surface area contributed by atoms with Crippen molar-refractivity contribution < 1.29 is 18.5 Å². The third-order valence-electron chi connectivity index (χ3n) is 4.57. The van der Waals surface area contributed by atoms with E-state index in [9.17, 15) is 14.0 Å². The Balaban J connectivity index is 1.79. The van der Waals surface area contributed by atoms with Crippen molar-refractivity contribution in [3.63, 3.8) is 0 Å². The molecule has 26 heavy (non-hydrogen) atoms. The van der Waals surface area contributed by atoms with Crippen LogP contribution in [0.25, 0.3) is 0 Å². The van der Waals surface area contributed by atoms with E-state index < -0.39 is 0 Å². The summed E-state index contributed by atoms with van der Waals surface area (Å²) in [6.07, 6.45) is 3.98. The van der Waals surface area contributed by atoms with Crippen molar-refractivity contribution in [3.05, 3.63) is 53.2 Å². The van der Waals surface area contributed by atoms with E-state index in [1.54, 1.807) is 11.0 Å². The van der Waals surface area contributed by atoms with Crippen molar-refractivity contribution in [1.29, 1.82) is 0 Å². The van der Waals surface area contributed by atoms with E-state index in [1.807, 2.05) is 6.92 Å². The quantitative estimate of drug-likeness (QED) is 0.860. The van der Waals surface area contributed by atoms with Gasteiger partial charge in [0.1, 0.15) is 5.82 Å². The Bertz CT molecular complexity index is 767. The summed E-state index contributed by atoms with van der Waals surface area (Å²) in [5, 5.41) is 6.44. The number of nitrogens with zero attached hydrogens (tertiary/aromatic N) is 2. The number of amides is 2. The molecule has 6 nitrogen and oxygen atoms in total. The van der Waals surface area contributed by atoms with Gasteiger partial charge in [0.05, 0.1) is 6.54 Å². The zero-order valence-corrected chi connectivity index (χ0v) is 14.7. The number of benzene rings is 1. The van der Waals surface area contributed by atoms with Crippen LogP contribution in [-0.4, -0.2) is 34.5 Å². The van der Waals surface area contributed by atoms with E-state index in [2.05, 4.69) is 10.5 Å². The molecule has 0 radical (unpaired) electrons. The zero-order valence-electron chi connectivity index (χ0n) is 14.7. The molecule has 138 valence electrons. The highest BCUT2D eigenvalue weighted by Crippen LogP contribution is 2.27. The molecule has 0 atom stereocenters. The molecule has 1 aliphatic rings. The minimum Gasteiger partial charge on any atom is -0.359 e. The smallest absolute Gasteiger partial charge is 0.273 e. The van der Waals surface area contributed by atoms with Gasteiger partial charge in [-0.2, -0.15) is 0 Å². The molecule has 1 heterocycles. The van der Waals surface area contributed by atoms with Gasteiger partial charge in [-0.05, 0) is 44.0 Å². The van der Waals surface area contributed by atoms with Crippen LogP contribution in [0, 0.1) is 5.82 Å². The summed E-state index contributed by atoms with van der Waals surface area (Å²) in [7, 11) is 0. The van der Waals surface area contributed by atoms with Gasteiger partial charge in [-0.15, -0.1) is 0 Å². The summed E-state index contributed by atoms with van der Waals surface area (Å²) in [4.78, 5) is 26.5. The number of carbonyl (C=O) groups is 2. The lowest BCUT2D eigenvalue weighted by molar-refractivity contribution is 0.0643. The Labute approximate surface area is 151 Å². The molecule has 0 bridgehead atoms. The number of halogens is 1. The van der Waals surface area contributed by atoms with Crippen LogP contribution in [0.4, 0.5) is 4.39 Å². The molecule has 0 aliphatic heterocycles. The Morgan fingerprint density at radius 2 is 1.96 bits per heavy atom. The first-order valence-corrected chi connectivity index (χ1v) is 8.88. The van der Waals surface area contributed by atoms with Crippen LogP contribution >= 0.6 is 0 Å². The van der Waals surface area contributed by atoms with E-state index in [0.29, 0.717) is 17.9 Å². The molecule has 2 aromatic rings. The van der Waals surface area contributed by atoms with Crippen LogP contribution in [0.1, 0.15) is 59.2 Å². The monoisotopic (exact) mass is 359 g/mol. The van der Waals surface area contributed by atoms with Gasteiger partial charge in [-0.3, -0.25) is 9.59 Å². The maximum absolute atomic E-state index is 13.2. The van der Waals surface area contributed by atoms with E-state index >= 15 is 0 Å². The summed E-state index contributed by atoms with van der Waals surface area (Å²) in [5.41, 5.74) is 0.629. The SMILES string of the molecule is CCNC(=O)c1cc(CN(C(=O)c2ccc(F)cc2)C2CCCC2)on1. The normalized spacial score (nSPS) is 14.4. The van der Waals surface area contributed by atoms with Crippen molar-refractivity contribution in [1.82, 2.24) is 15.4 Å². The molecule has 1 aliphatic carbocycles. The summed E-state index contributed by atoms with van der Waals surface area (Å²) in [5.74, 6) is -0.406. The van der Waals surface area contributed by atoms with Crippen LogP contribution in [0.5, 0.6) is 0 Å². The van der Waals surface area contributed by atoms with Gasteiger partial charge in [0.15, 0.2) is 11.5 Å². The first-order chi connectivity index (χ1) is 12.6. The topological polar surface area (TPSA) is 75.4 Å². The summed E-state index contributed by atoms with van der Waals surface area (Å²) in [6.45, 7) is 2.55. The van der Waals surface area contributed by atoms with E-state index in [1.165, 1.54) is 24.3 Å². The molecule has 1 aromatic carbocycles. The first-order valence-electron chi connectivity index (χ1n) is 8.88. The predicted octanol–water partition coefficient (Wildman–Crippen LogP) is 3.15. The van der Waals surface area contributed by atoms with Crippen LogP contribution in [-0.2, 0) is 6.54 Å². The van der Waals surface area contributed by atoms with Gasteiger partial charge in [-0.1, -0.05) is 18.0 Å². The fraction of sp³-hybridized carbons (Fsp3) is 0.421. The average molecular weight is 359 g/mol. The standard InChI is InChI=1S/C19H22FN3O3/c1-2-21-18(24)17-11-16(26-22-17)12-23(15-5-3-4-6-15)19(25)13-7-9-14(20)10-8-13/h7-11,15H,2-6,12H2,1H3,(H,21,24). The second-order valence-electron chi connectivity index (χ2n) is 6.42. The molecule has 0 spiro atoms. The second-order valence-corrected chi connectivity index (χ2v) is 6.42. The van der Waals surface area contributed by atoms with Crippen LogP contribution < -0.4 is 5.32 Å². The number of aromatic nitrogens is 1. The molecule has 3 rings (SSSR count). The van der Waals surface area contributed by atoms with E-state index in [4.69, 9.17) is 4.52 Å². The zero-order chi connectivity index (χ0) is 18.5. The fourth-order valence-corrected chi connectivity index (χ4v) is 3.25. The Hall–Kier alpha value is -2.70. The van der Waals surface area contributed by atoms with Crippen molar-refractivity contribution in [2.75, 3.05) is 6.54 Å². The molecular weight excluding hydrogens is 337 g/mol. The summed E-state index contributed by atoms with van der Waals surface area (Å²) in [6, 6.07) is 7.19. The average Bonchev–Trinajstić information content (AvgIpc) is 3.32. The number of rotatable bonds is 6. The second kappa shape index (κ2) is 8.12. The van der Waals surface area contributed by atoms with Crippen molar-refractivity contribution >= 4 is 11.8 Å². The maximum atomic E-state index is 13.2. The number of nitrogens with one attached hydrogen (secondary N) is 1. The fourth-order valence-electron chi connectivity index (χ4n) is 3.25. The number of carbonyl (C=O) groups excluding carboxylic acids is 2. The molecule has 0 saturated heterocycles. The van der Waals surface area contributed by atoms with Gasteiger partial charge in [0, 0.05) is 24.2 Å². The highest BCUT2D eigenvalue weighted by Gasteiger charge is 2.29. The summed E-state index contributed by atoms with van der Waals surface area (Å²) < 4.78 is 18.4. The summed E-state index contributed by atoms with van der Waals surface area (Å²) >= 11 is 0. The van der Waals surface area contributed by atoms with Crippen LogP contribution in [0.15, 0.2) is 34.9 Å². The van der Waals surface area contributed by atoms with Gasteiger partial charge >= 0.3 is 0 Å². The Morgan fingerprint density at radius 3 is 2.62 bits per heavy atom. The van der Waals surface area contributed by atoms with Gasteiger partial charge < -0.3 is 14.7 Å². The van der Waals surface area contributed by atoms with Crippen LogP contribution in [0.3, 0.4) is 0 Å². The predicted molar refractivity (Wildman–Crippen MR) is 93.0 cm³/mol.